The third-order valence-corrected chi connectivity index (χ3v) is 7.14. The van der Waals surface area contributed by atoms with Crippen molar-refractivity contribution in [3.8, 4) is 0 Å². The molecule has 0 saturated heterocycles. The lowest BCUT2D eigenvalue weighted by molar-refractivity contribution is 0.603. The number of nitrogens with zero attached hydrogens (tertiary/aromatic N) is 1. The van der Waals surface area contributed by atoms with Crippen molar-refractivity contribution in [2.24, 2.45) is 0 Å². The maximum atomic E-state index is 12.1. The molecule has 1 N–H and O–H groups in total. The molecule has 0 unspecified atom stereocenters. The van der Waals surface area contributed by atoms with Gasteiger partial charge in [-0.1, -0.05) is 11.6 Å². The number of aromatic nitrogens is 1. The summed E-state index contributed by atoms with van der Waals surface area (Å²) in [6, 6.07) is 3.08. The molecule has 2 heterocycles. The minimum absolute atomic E-state index is 0.214. The van der Waals surface area contributed by atoms with Crippen LogP contribution in [0.3, 0.4) is 0 Å². The van der Waals surface area contributed by atoms with Crippen LogP contribution in [0.1, 0.15) is 23.4 Å². The Morgan fingerprint density at radius 2 is 2.00 bits per heavy atom. The van der Waals surface area contributed by atoms with Gasteiger partial charge in [-0.05, 0) is 37.8 Å². The first kappa shape index (κ1) is 13.4. The molecular weight excluding hydrogens is 324 g/mol. The number of rotatable bonds is 3. The Hall–Kier alpha value is -0.630. The summed E-state index contributed by atoms with van der Waals surface area (Å²) in [5, 5.41) is 0.455. The molecule has 102 valence electrons. The molecule has 0 aliphatic heterocycles. The van der Waals surface area contributed by atoms with Gasteiger partial charge in [0.25, 0.3) is 10.0 Å². The van der Waals surface area contributed by atoms with Crippen molar-refractivity contribution in [3.05, 3.63) is 27.0 Å². The van der Waals surface area contributed by atoms with Gasteiger partial charge in [-0.3, -0.25) is 4.72 Å². The van der Waals surface area contributed by atoms with Crippen LogP contribution in [0.2, 0.25) is 4.34 Å². The lowest BCUT2D eigenvalue weighted by Crippen LogP contribution is -2.11. The van der Waals surface area contributed by atoms with Crippen LogP contribution in [-0.2, 0) is 22.9 Å². The molecule has 3 rings (SSSR count). The van der Waals surface area contributed by atoms with E-state index in [1.807, 2.05) is 0 Å². The topological polar surface area (TPSA) is 59.1 Å². The fourth-order valence-electron chi connectivity index (χ4n) is 2.00. The highest BCUT2D eigenvalue weighted by Gasteiger charge is 2.21. The Morgan fingerprint density at radius 1 is 1.21 bits per heavy atom. The average molecular weight is 335 g/mol. The van der Waals surface area contributed by atoms with Gasteiger partial charge < -0.3 is 0 Å². The Kier molecular flexibility index (Phi) is 3.55. The van der Waals surface area contributed by atoms with Gasteiger partial charge in [0.15, 0.2) is 5.13 Å². The number of fused-ring (bicyclic) bond motifs is 1. The highest BCUT2D eigenvalue weighted by molar-refractivity contribution is 7.94. The average Bonchev–Trinajstić information content (AvgIpc) is 2.94. The fraction of sp³-hybridized carbons (Fsp3) is 0.364. The van der Waals surface area contributed by atoms with E-state index in [4.69, 9.17) is 11.6 Å². The largest absolute Gasteiger partial charge is 0.273 e. The van der Waals surface area contributed by atoms with Gasteiger partial charge >= 0.3 is 0 Å². The van der Waals surface area contributed by atoms with Gasteiger partial charge in [-0.15, -0.1) is 22.7 Å². The molecule has 0 saturated carbocycles. The molecule has 1 aliphatic rings. The highest BCUT2D eigenvalue weighted by Crippen LogP contribution is 2.32. The SMILES string of the molecule is O=S(=O)(Nc1nc2c(s1)CCCC2)c1ccc(Cl)s1. The van der Waals surface area contributed by atoms with Gasteiger partial charge in [-0.25, -0.2) is 13.4 Å². The summed E-state index contributed by atoms with van der Waals surface area (Å²) in [6.45, 7) is 0. The van der Waals surface area contributed by atoms with Crippen LogP contribution >= 0.6 is 34.3 Å². The number of thiazole rings is 1. The number of halogens is 1. The maximum absolute atomic E-state index is 12.1. The third-order valence-electron chi connectivity index (χ3n) is 2.88. The molecule has 4 nitrogen and oxygen atoms in total. The molecule has 2 aromatic heterocycles. The first-order valence-corrected chi connectivity index (χ1v) is 9.31. The first-order chi connectivity index (χ1) is 9.04. The number of anilines is 1. The van der Waals surface area contributed by atoms with Crippen LogP contribution in [-0.4, -0.2) is 13.4 Å². The molecule has 1 aliphatic carbocycles. The number of sulfonamides is 1. The Bertz CT molecular complexity index is 682. The normalized spacial score (nSPS) is 15.2. The molecule has 0 atom stereocenters. The van der Waals surface area contributed by atoms with Crippen LogP contribution in [0.25, 0.3) is 0 Å². The monoisotopic (exact) mass is 334 g/mol. The van der Waals surface area contributed by atoms with Crippen LogP contribution < -0.4 is 4.72 Å². The zero-order chi connectivity index (χ0) is 13.5. The summed E-state index contributed by atoms with van der Waals surface area (Å²) in [5.41, 5.74) is 1.04. The molecule has 19 heavy (non-hydrogen) atoms. The predicted octanol–water partition coefficient (Wildman–Crippen LogP) is 3.54. The van der Waals surface area contributed by atoms with Gasteiger partial charge in [0.1, 0.15) is 4.21 Å². The summed E-state index contributed by atoms with van der Waals surface area (Å²) in [5.74, 6) is 0. The summed E-state index contributed by atoms with van der Waals surface area (Å²) < 4.78 is 27.5. The van der Waals surface area contributed by atoms with E-state index in [0.717, 1.165) is 42.7 Å². The van der Waals surface area contributed by atoms with E-state index in [1.165, 1.54) is 22.3 Å². The van der Waals surface area contributed by atoms with Gasteiger partial charge in [0, 0.05) is 4.88 Å². The smallest absolute Gasteiger partial charge is 0.254 e. The fourth-order valence-corrected chi connectivity index (χ4v) is 5.77. The van der Waals surface area contributed by atoms with Crippen molar-refractivity contribution in [1.29, 1.82) is 0 Å². The van der Waals surface area contributed by atoms with E-state index in [9.17, 15) is 8.42 Å². The van der Waals surface area contributed by atoms with Crippen molar-refractivity contribution in [1.82, 2.24) is 4.98 Å². The number of nitrogens with one attached hydrogen (secondary N) is 1. The van der Waals surface area contributed by atoms with E-state index < -0.39 is 10.0 Å². The van der Waals surface area contributed by atoms with Gasteiger partial charge in [0.2, 0.25) is 0 Å². The van der Waals surface area contributed by atoms with Crippen LogP contribution in [0.5, 0.6) is 0 Å². The third kappa shape index (κ3) is 2.79. The molecule has 0 amide bonds. The zero-order valence-corrected chi connectivity index (χ0v) is 13.1. The number of thiophene rings is 1. The van der Waals surface area contributed by atoms with Crippen molar-refractivity contribution < 1.29 is 8.42 Å². The van der Waals surface area contributed by atoms with E-state index in [0.29, 0.717) is 9.47 Å². The van der Waals surface area contributed by atoms with Crippen molar-refractivity contribution in [2.75, 3.05) is 4.72 Å². The van der Waals surface area contributed by atoms with E-state index in [-0.39, 0.29) is 4.21 Å². The van der Waals surface area contributed by atoms with Gasteiger partial charge in [0.05, 0.1) is 10.0 Å². The second-order valence-corrected chi connectivity index (χ2v) is 8.97. The van der Waals surface area contributed by atoms with Crippen molar-refractivity contribution >= 4 is 49.4 Å². The number of hydrogen-bond donors (Lipinski definition) is 1. The van der Waals surface area contributed by atoms with E-state index in [1.54, 1.807) is 6.07 Å². The van der Waals surface area contributed by atoms with E-state index in [2.05, 4.69) is 9.71 Å². The molecule has 8 heteroatoms. The Labute approximate surface area is 124 Å². The van der Waals surface area contributed by atoms with E-state index >= 15 is 0 Å². The Morgan fingerprint density at radius 3 is 2.68 bits per heavy atom. The van der Waals surface area contributed by atoms with Crippen molar-refractivity contribution in [3.63, 3.8) is 0 Å². The second kappa shape index (κ2) is 5.05. The standard InChI is InChI=1S/C11H11ClN2O2S3/c12-9-5-6-10(18-9)19(15,16)14-11-13-7-3-1-2-4-8(7)17-11/h5-6H,1-4H2,(H,13,14). The minimum Gasteiger partial charge on any atom is -0.254 e. The minimum atomic E-state index is -3.56. The lowest BCUT2D eigenvalue weighted by Gasteiger charge is -2.06. The first-order valence-electron chi connectivity index (χ1n) is 5.81. The van der Waals surface area contributed by atoms with Crippen LogP contribution in [0.15, 0.2) is 16.3 Å². The molecule has 0 aromatic carbocycles. The van der Waals surface area contributed by atoms with Crippen molar-refractivity contribution in [2.45, 2.75) is 29.9 Å². The molecule has 0 fully saturated rings. The number of aryl methyl sites for hydroxylation is 2. The second-order valence-electron chi connectivity index (χ2n) is 4.26. The molecule has 0 spiro atoms. The molecular formula is C11H11ClN2O2S3. The highest BCUT2D eigenvalue weighted by atomic mass is 35.5. The predicted molar refractivity (Wildman–Crippen MR) is 78.9 cm³/mol. The summed E-state index contributed by atoms with van der Waals surface area (Å²) in [6.07, 6.45) is 4.23. The summed E-state index contributed by atoms with van der Waals surface area (Å²) >= 11 is 8.24. The quantitative estimate of drug-likeness (QED) is 0.934. The number of hydrogen-bond acceptors (Lipinski definition) is 5. The van der Waals surface area contributed by atoms with Gasteiger partial charge in [-0.2, -0.15) is 0 Å². The zero-order valence-electron chi connectivity index (χ0n) is 9.85. The lowest BCUT2D eigenvalue weighted by atomic mass is 10.0. The Balaban J connectivity index is 1.86. The molecule has 0 radical (unpaired) electrons. The van der Waals surface area contributed by atoms with Crippen LogP contribution in [0, 0.1) is 0 Å². The summed E-state index contributed by atoms with van der Waals surface area (Å²) in [7, 11) is -3.56. The molecule has 0 bridgehead atoms. The maximum Gasteiger partial charge on any atom is 0.273 e. The van der Waals surface area contributed by atoms with Crippen LogP contribution in [0.4, 0.5) is 5.13 Å². The molecule has 2 aromatic rings. The summed E-state index contributed by atoms with van der Waals surface area (Å²) in [4.78, 5) is 5.57.